The first-order chi connectivity index (χ1) is 15.6. The maximum Gasteiger partial charge on any atom is 0.269 e. The molecule has 1 saturated carbocycles. The highest BCUT2D eigenvalue weighted by atomic mass is 16.5. The summed E-state index contributed by atoms with van der Waals surface area (Å²) in [4.78, 5) is 25.6. The van der Waals surface area contributed by atoms with Crippen LogP contribution in [0.25, 0.3) is 0 Å². The predicted molar refractivity (Wildman–Crippen MR) is 119 cm³/mol. The molecule has 8 nitrogen and oxygen atoms in total. The van der Waals surface area contributed by atoms with E-state index in [1.807, 2.05) is 0 Å². The van der Waals surface area contributed by atoms with Crippen LogP contribution in [0.5, 0.6) is 11.5 Å². The van der Waals surface area contributed by atoms with Crippen LogP contribution in [0.3, 0.4) is 0 Å². The van der Waals surface area contributed by atoms with E-state index in [9.17, 15) is 14.9 Å². The summed E-state index contributed by atoms with van der Waals surface area (Å²) in [6, 6.07) is 9.16. The molecule has 0 bridgehead atoms. The Kier molecular flexibility index (Phi) is 6.64. The van der Waals surface area contributed by atoms with Crippen LogP contribution >= 0.6 is 0 Å². The van der Waals surface area contributed by atoms with Crippen LogP contribution < -0.4 is 15.4 Å². The molecule has 2 aliphatic rings. The molecular formula is C24H27N5O3. The van der Waals surface area contributed by atoms with E-state index in [0.29, 0.717) is 41.5 Å². The molecule has 2 fully saturated rings. The first-order valence-corrected chi connectivity index (χ1v) is 11.2. The second kappa shape index (κ2) is 9.77. The molecule has 1 aromatic carbocycles. The predicted octanol–water partition coefficient (Wildman–Crippen LogP) is 3.70. The number of nitrogens with zero attached hydrogens (tertiary/aromatic N) is 4. The Morgan fingerprint density at radius 1 is 1.12 bits per heavy atom. The number of hydrogen-bond donors (Lipinski definition) is 1. The number of hydrogen-bond acceptors (Lipinski definition) is 7. The minimum Gasteiger partial charge on any atom is -0.452 e. The Balaban J connectivity index is 1.84. The molecule has 1 aliphatic carbocycles. The number of piperidine rings is 1. The lowest BCUT2D eigenvalue weighted by Crippen LogP contribution is -2.35. The van der Waals surface area contributed by atoms with Crippen LogP contribution in [0.4, 0.5) is 5.82 Å². The molecule has 4 rings (SSSR count). The molecule has 0 atom stereocenters. The molecule has 32 heavy (non-hydrogen) atoms. The zero-order valence-electron chi connectivity index (χ0n) is 18.0. The quantitative estimate of drug-likeness (QED) is 0.689. The standard InChI is InChI=1S/C24H27N5O3/c25-14-18-8-4-5-9-19(18)32-22-20(17-6-2-1-3-7-17)21(23(26)31)27-28-24(22)29-12-10-16(15-30)11-13-29/h4-5,8-9,15-17H,1-3,6-7,10-13H2,(H2,26,31). The fourth-order valence-corrected chi connectivity index (χ4v) is 4.69. The number of para-hydroxylation sites is 1. The lowest BCUT2D eigenvalue weighted by atomic mass is 9.82. The highest BCUT2D eigenvalue weighted by molar-refractivity contribution is 5.93. The van der Waals surface area contributed by atoms with Gasteiger partial charge in [0.25, 0.3) is 5.91 Å². The summed E-state index contributed by atoms with van der Waals surface area (Å²) >= 11 is 0. The number of benzene rings is 1. The first-order valence-electron chi connectivity index (χ1n) is 11.2. The maximum atomic E-state index is 12.3. The number of aldehydes is 1. The maximum absolute atomic E-state index is 12.3. The Bertz CT molecular complexity index is 1030. The van der Waals surface area contributed by atoms with Crippen LogP contribution in [-0.4, -0.2) is 35.5 Å². The van der Waals surface area contributed by atoms with Crippen LogP contribution in [-0.2, 0) is 4.79 Å². The van der Waals surface area contributed by atoms with Crippen LogP contribution in [0.15, 0.2) is 24.3 Å². The summed E-state index contributed by atoms with van der Waals surface area (Å²) in [5.74, 6) is 0.866. The van der Waals surface area contributed by atoms with E-state index in [1.54, 1.807) is 24.3 Å². The minimum atomic E-state index is -0.636. The molecule has 2 N–H and O–H groups in total. The fourth-order valence-electron chi connectivity index (χ4n) is 4.69. The summed E-state index contributed by atoms with van der Waals surface area (Å²) < 4.78 is 6.37. The summed E-state index contributed by atoms with van der Waals surface area (Å²) in [5, 5.41) is 18.1. The van der Waals surface area contributed by atoms with Crippen LogP contribution in [0.1, 0.15) is 72.5 Å². The summed E-state index contributed by atoms with van der Waals surface area (Å²) in [7, 11) is 0. The number of aromatic nitrogens is 2. The summed E-state index contributed by atoms with van der Waals surface area (Å²) in [6.45, 7) is 1.27. The lowest BCUT2D eigenvalue weighted by molar-refractivity contribution is -0.111. The van der Waals surface area contributed by atoms with Gasteiger partial charge in [-0.2, -0.15) is 5.26 Å². The van der Waals surface area contributed by atoms with E-state index >= 15 is 0 Å². The van der Waals surface area contributed by atoms with Crippen molar-refractivity contribution in [2.24, 2.45) is 11.7 Å². The van der Waals surface area contributed by atoms with E-state index in [1.165, 1.54) is 0 Å². The molecule has 166 valence electrons. The van der Waals surface area contributed by atoms with Crippen molar-refractivity contribution >= 4 is 18.0 Å². The molecule has 1 amide bonds. The summed E-state index contributed by atoms with van der Waals surface area (Å²) in [6.07, 6.45) is 7.53. The molecule has 0 unspecified atom stereocenters. The van der Waals surface area contributed by atoms with Gasteiger partial charge in [0.15, 0.2) is 17.3 Å². The third kappa shape index (κ3) is 4.42. The van der Waals surface area contributed by atoms with Gasteiger partial charge in [-0.1, -0.05) is 31.4 Å². The highest BCUT2D eigenvalue weighted by Gasteiger charge is 2.32. The Labute approximate surface area is 187 Å². The number of nitrogens with two attached hydrogens (primary N) is 1. The molecule has 1 aromatic heterocycles. The summed E-state index contributed by atoms with van der Waals surface area (Å²) in [5.41, 5.74) is 6.92. The number of carbonyl (C=O) groups is 2. The molecule has 2 aromatic rings. The average molecular weight is 434 g/mol. The third-order valence-electron chi connectivity index (χ3n) is 6.45. The number of rotatable bonds is 6. The normalized spacial score (nSPS) is 17.5. The van der Waals surface area contributed by atoms with Crippen LogP contribution in [0.2, 0.25) is 0 Å². The van der Waals surface area contributed by atoms with Gasteiger partial charge in [0.1, 0.15) is 18.1 Å². The number of anilines is 1. The van der Waals surface area contributed by atoms with Gasteiger partial charge < -0.3 is 20.2 Å². The van der Waals surface area contributed by atoms with E-state index in [4.69, 9.17) is 10.5 Å². The van der Waals surface area contributed by atoms with Gasteiger partial charge in [-0.15, -0.1) is 10.2 Å². The fraction of sp³-hybridized carbons (Fsp3) is 0.458. The molecule has 8 heteroatoms. The van der Waals surface area contributed by atoms with E-state index in [-0.39, 0.29) is 17.5 Å². The van der Waals surface area contributed by atoms with Gasteiger partial charge in [-0.3, -0.25) is 4.79 Å². The van der Waals surface area contributed by atoms with Crippen molar-refractivity contribution in [2.75, 3.05) is 18.0 Å². The molecule has 1 aliphatic heterocycles. The van der Waals surface area contributed by atoms with Gasteiger partial charge >= 0.3 is 0 Å². The number of nitriles is 1. The largest absolute Gasteiger partial charge is 0.452 e. The molecule has 2 heterocycles. The van der Waals surface area contributed by atoms with Crippen molar-refractivity contribution in [3.05, 3.63) is 41.1 Å². The average Bonchev–Trinajstić information content (AvgIpc) is 2.84. The SMILES string of the molecule is N#Cc1ccccc1Oc1c(N2CCC(C=O)CC2)nnc(C(N)=O)c1C1CCCCC1. The zero-order chi connectivity index (χ0) is 22.5. The second-order valence-electron chi connectivity index (χ2n) is 8.48. The van der Waals surface area contributed by atoms with Crippen LogP contribution in [0, 0.1) is 17.2 Å². The topological polar surface area (TPSA) is 122 Å². The van der Waals surface area contributed by atoms with Gasteiger partial charge in [0, 0.05) is 24.6 Å². The second-order valence-corrected chi connectivity index (χ2v) is 8.48. The van der Waals surface area contributed by atoms with E-state index in [2.05, 4.69) is 21.2 Å². The zero-order valence-corrected chi connectivity index (χ0v) is 18.0. The van der Waals surface area contributed by atoms with E-state index < -0.39 is 5.91 Å². The number of ether oxygens (including phenoxy) is 1. The highest BCUT2D eigenvalue weighted by Crippen LogP contribution is 2.45. The molecule has 0 spiro atoms. The van der Waals surface area contributed by atoms with Crippen molar-refractivity contribution in [1.29, 1.82) is 5.26 Å². The Morgan fingerprint density at radius 3 is 2.50 bits per heavy atom. The monoisotopic (exact) mass is 433 g/mol. The number of primary amides is 1. The number of carbonyl (C=O) groups excluding carboxylic acids is 2. The van der Waals surface area contributed by atoms with Crippen molar-refractivity contribution in [3.63, 3.8) is 0 Å². The molecular weight excluding hydrogens is 406 g/mol. The van der Waals surface area contributed by atoms with E-state index in [0.717, 1.165) is 51.2 Å². The third-order valence-corrected chi connectivity index (χ3v) is 6.45. The van der Waals surface area contributed by atoms with Gasteiger partial charge in [0.2, 0.25) is 0 Å². The number of amides is 1. The molecule has 1 saturated heterocycles. The van der Waals surface area contributed by atoms with Crippen molar-refractivity contribution in [3.8, 4) is 17.6 Å². The van der Waals surface area contributed by atoms with Crippen molar-refractivity contribution in [1.82, 2.24) is 10.2 Å². The molecule has 0 radical (unpaired) electrons. The van der Waals surface area contributed by atoms with Crippen molar-refractivity contribution < 1.29 is 14.3 Å². The van der Waals surface area contributed by atoms with Gasteiger partial charge in [-0.05, 0) is 43.7 Å². The smallest absolute Gasteiger partial charge is 0.269 e. The van der Waals surface area contributed by atoms with Gasteiger partial charge in [-0.25, -0.2) is 0 Å². The van der Waals surface area contributed by atoms with Gasteiger partial charge in [0.05, 0.1) is 5.56 Å². The minimum absolute atomic E-state index is 0.0330. The van der Waals surface area contributed by atoms with Crippen molar-refractivity contribution in [2.45, 2.75) is 50.9 Å². The Morgan fingerprint density at radius 2 is 1.84 bits per heavy atom. The Hall–Kier alpha value is -3.47. The first kappa shape index (κ1) is 21.8. The lowest BCUT2D eigenvalue weighted by Gasteiger charge is -2.33.